The first-order valence-corrected chi connectivity index (χ1v) is 9.36. The van der Waals surface area contributed by atoms with Crippen LogP contribution in [0.2, 0.25) is 0 Å². The molecule has 5 rings (SSSR count). The number of rotatable bonds is 2. The Balaban J connectivity index is 1.43. The molecular weight excluding hydrogens is 290 g/mol. The van der Waals surface area contributed by atoms with Gasteiger partial charge in [-0.25, -0.2) is 0 Å². The highest BCUT2D eigenvalue weighted by Gasteiger charge is 2.71. The van der Waals surface area contributed by atoms with E-state index < -0.39 is 0 Å². The first-order valence-electron chi connectivity index (χ1n) is 9.36. The molecule has 0 spiro atoms. The highest BCUT2D eigenvalue weighted by atomic mass is 16.6. The number of allylic oxidation sites excluding steroid dienone is 1. The first kappa shape index (κ1) is 14.5. The number of esters is 1. The third kappa shape index (κ3) is 2.00. The predicted molar refractivity (Wildman–Crippen MR) is 85.8 cm³/mol. The van der Waals surface area contributed by atoms with Gasteiger partial charge in [-0.1, -0.05) is 12.2 Å². The van der Waals surface area contributed by atoms with Gasteiger partial charge in [0.15, 0.2) is 0 Å². The van der Waals surface area contributed by atoms with E-state index in [-0.39, 0.29) is 23.6 Å². The van der Waals surface area contributed by atoms with Gasteiger partial charge < -0.3 is 14.4 Å². The fourth-order valence-electron chi connectivity index (χ4n) is 6.01. The van der Waals surface area contributed by atoms with Crippen molar-refractivity contribution < 1.29 is 14.3 Å². The van der Waals surface area contributed by atoms with E-state index in [1.54, 1.807) is 0 Å². The van der Waals surface area contributed by atoms with E-state index in [1.165, 1.54) is 18.4 Å². The van der Waals surface area contributed by atoms with E-state index in [1.807, 2.05) is 0 Å². The fraction of sp³-hybridized carbons (Fsp3) is 0.842. The van der Waals surface area contributed by atoms with Crippen LogP contribution >= 0.6 is 0 Å². The Morgan fingerprint density at radius 3 is 2.91 bits per heavy atom. The molecule has 0 N–H and O–H groups in total. The van der Waals surface area contributed by atoms with E-state index in [2.05, 4.69) is 18.4 Å². The molecule has 126 valence electrons. The second kappa shape index (κ2) is 4.82. The number of epoxide rings is 1. The van der Waals surface area contributed by atoms with Crippen LogP contribution in [0, 0.1) is 23.7 Å². The summed E-state index contributed by atoms with van der Waals surface area (Å²) >= 11 is 0. The molecular formula is C19H27NO3. The van der Waals surface area contributed by atoms with Crippen LogP contribution in [0.5, 0.6) is 0 Å². The van der Waals surface area contributed by atoms with Crippen LogP contribution in [0.15, 0.2) is 12.2 Å². The van der Waals surface area contributed by atoms with E-state index in [0.717, 1.165) is 38.9 Å². The van der Waals surface area contributed by atoms with Gasteiger partial charge in [-0.3, -0.25) is 4.79 Å². The minimum Gasteiger partial charge on any atom is -0.461 e. The molecule has 5 fully saturated rings. The van der Waals surface area contributed by atoms with E-state index in [0.29, 0.717) is 23.9 Å². The minimum absolute atomic E-state index is 0.0471. The molecule has 0 radical (unpaired) electrons. The van der Waals surface area contributed by atoms with Gasteiger partial charge in [0.1, 0.15) is 6.10 Å². The molecule has 0 aromatic heterocycles. The van der Waals surface area contributed by atoms with Crippen molar-refractivity contribution in [3.63, 3.8) is 0 Å². The quantitative estimate of drug-likeness (QED) is 0.445. The van der Waals surface area contributed by atoms with Gasteiger partial charge in [0.25, 0.3) is 0 Å². The van der Waals surface area contributed by atoms with Gasteiger partial charge in [-0.2, -0.15) is 0 Å². The molecule has 0 unspecified atom stereocenters. The van der Waals surface area contributed by atoms with Crippen LogP contribution in [0.25, 0.3) is 0 Å². The van der Waals surface area contributed by atoms with Gasteiger partial charge >= 0.3 is 5.97 Å². The van der Waals surface area contributed by atoms with Crippen LogP contribution in [0.4, 0.5) is 0 Å². The number of hydrogen-bond donors (Lipinski definition) is 0. The van der Waals surface area contributed by atoms with Gasteiger partial charge in [-0.05, 0) is 58.0 Å². The van der Waals surface area contributed by atoms with Crippen molar-refractivity contribution >= 4 is 5.97 Å². The number of fused-ring (bicyclic) bond motifs is 5. The predicted octanol–water partition coefficient (Wildman–Crippen LogP) is 2.38. The standard InChI is InChI=1S/C19H27NO3/c1-11-5-6-12-14(10-20-7-3-4-8-20)18(21)22-17(12)16-13(11)9-15-19(16,2)23-15/h12-17H,1,3-10H2,2H3/t12-,13-,14+,15+,16-,17-,19+/m0/s1. The third-order valence-electron chi connectivity index (χ3n) is 7.37. The summed E-state index contributed by atoms with van der Waals surface area (Å²) in [4.78, 5) is 15.1. The van der Waals surface area contributed by atoms with E-state index in [9.17, 15) is 4.79 Å². The molecule has 3 heterocycles. The topological polar surface area (TPSA) is 42.1 Å². The summed E-state index contributed by atoms with van der Waals surface area (Å²) < 4.78 is 12.0. The Hall–Kier alpha value is -0.870. The summed E-state index contributed by atoms with van der Waals surface area (Å²) in [6, 6.07) is 0. The lowest BCUT2D eigenvalue weighted by Gasteiger charge is -2.31. The molecule has 2 saturated carbocycles. The lowest BCUT2D eigenvalue weighted by molar-refractivity contribution is -0.147. The van der Waals surface area contributed by atoms with E-state index >= 15 is 0 Å². The average Bonchev–Trinajstić information content (AvgIpc) is 2.86. The molecule has 4 nitrogen and oxygen atoms in total. The summed E-state index contributed by atoms with van der Waals surface area (Å²) in [5.74, 6) is 1.29. The lowest BCUT2D eigenvalue weighted by atomic mass is 9.77. The third-order valence-corrected chi connectivity index (χ3v) is 7.37. The highest BCUT2D eigenvalue weighted by Crippen LogP contribution is 2.63. The molecule has 3 aliphatic heterocycles. The molecule has 0 aromatic rings. The smallest absolute Gasteiger partial charge is 0.310 e. The Morgan fingerprint density at radius 2 is 2.13 bits per heavy atom. The largest absolute Gasteiger partial charge is 0.461 e. The maximum Gasteiger partial charge on any atom is 0.310 e. The van der Waals surface area contributed by atoms with E-state index in [4.69, 9.17) is 9.47 Å². The average molecular weight is 317 g/mol. The highest BCUT2D eigenvalue weighted by molar-refractivity contribution is 5.75. The lowest BCUT2D eigenvalue weighted by Crippen LogP contribution is -2.39. The zero-order valence-corrected chi connectivity index (χ0v) is 14.0. The number of ether oxygens (including phenoxy) is 2. The van der Waals surface area contributed by atoms with Gasteiger partial charge in [0, 0.05) is 18.4 Å². The van der Waals surface area contributed by atoms with Crippen molar-refractivity contribution in [1.29, 1.82) is 0 Å². The summed E-state index contributed by atoms with van der Waals surface area (Å²) in [5.41, 5.74) is 1.31. The molecule has 3 saturated heterocycles. The zero-order chi connectivity index (χ0) is 15.8. The van der Waals surface area contributed by atoms with Crippen LogP contribution in [-0.4, -0.2) is 48.3 Å². The molecule has 0 aromatic carbocycles. The number of carbonyl (C=O) groups is 1. The van der Waals surface area contributed by atoms with Crippen LogP contribution < -0.4 is 0 Å². The number of nitrogens with zero attached hydrogens (tertiary/aromatic N) is 1. The minimum atomic E-state index is -0.0658. The summed E-state index contributed by atoms with van der Waals surface area (Å²) in [5, 5.41) is 0. The summed E-state index contributed by atoms with van der Waals surface area (Å²) in [6.45, 7) is 9.77. The molecule has 23 heavy (non-hydrogen) atoms. The molecule has 7 atom stereocenters. The SMILES string of the molecule is C=C1CC[C@@H]2[C@H](OC(=O)[C@@H]2CN2CCCC2)[C@@H]2[C@H]1C[C@H]1O[C@@]21C. The van der Waals surface area contributed by atoms with Crippen LogP contribution in [0.3, 0.4) is 0 Å². The van der Waals surface area contributed by atoms with Crippen molar-refractivity contribution in [2.45, 2.75) is 56.8 Å². The van der Waals surface area contributed by atoms with Crippen molar-refractivity contribution in [3.05, 3.63) is 12.2 Å². The Labute approximate surface area is 138 Å². The van der Waals surface area contributed by atoms with Crippen LogP contribution in [-0.2, 0) is 14.3 Å². The molecule has 4 heteroatoms. The summed E-state index contributed by atoms with van der Waals surface area (Å²) in [7, 11) is 0. The Morgan fingerprint density at radius 1 is 1.35 bits per heavy atom. The zero-order valence-electron chi connectivity index (χ0n) is 14.0. The number of likely N-dealkylation sites (tertiary alicyclic amines) is 1. The second-order valence-electron chi connectivity index (χ2n) is 8.53. The first-order chi connectivity index (χ1) is 11.1. The maximum absolute atomic E-state index is 12.6. The molecule has 2 aliphatic carbocycles. The van der Waals surface area contributed by atoms with Crippen molar-refractivity contribution in [1.82, 2.24) is 4.90 Å². The van der Waals surface area contributed by atoms with Crippen molar-refractivity contribution in [3.8, 4) is 0 Å². The maximum atomic E-state index is 12.6. The number of carbonyl (C=O) groups excluding carboxylic acids is 1. The van der Waals surface area contributed by atoms with Gasteiger partial charge in [-0.15, -0.1) is 0 Å². The van der Waals surface area contributed by atoms with Crippen molar-refractivity contribution in [2.75, 3.05) is 19.6 Å². The second-order valence-corrected chi connectivity index (χ2v) is 8.53. The normalized spacial score (nSPS) is 51.9. The molecule has 0 amide bonds. The van der Waals surface area contributed by atoms with Crippen molar-refractivity contribution in [2.24, 2.45) is 23.7 Å². The fourth-order valence-corrected chi connectivity index (χ4v) is 6.01. The van der Waals surface area contributed by atoms with Crippen LogP contribution in [0.1, 0.15) is 39.0 Å². The van der Waals surface area contributed by atoms with Gasteiger partial charge in [0.05, 0.1) is 17.6 Å². The Kier molecular flexibility index (Phi) is 3.04. The molecule has 0 bridgehead atoms. The summed E-state index contributed by atoms with van der Waals surface area (Å²) in [6.07, 6.45) is 6.15. The Bertz CT molecular complexity index is 555. The monoisotopic (exact) mass is 317 g/mol. The van der Waals surface area contributed by atoms with Gasteiger partial charge in [0.2, 0.25) is 0 Å². The number of hydrogen-bond acceptors (Lipinski definition) is 4. The molecule has 5 aliphatic rings.